The standard InChI is InChI=1S/C21H27NO3/c1-16(2)24-20-13-11-18(12-14-20)8-7-15-22-21(23)17(3)25-19-9-5-4-6-10-19/h4-6,9-14,16-17H,7-8,15H2,1-3H3,(H,22,23)/t17-/m0/s1. The Hall–Kier alpha value is -2.49. The smallest absolute Gasteiger partial charge is 0.260 e. The van der Waals surface area contributed by atoms with Gasteiger partial charge in [0.25, 0.3) is 5.91 Å². The zero-order chi connectivity index (χ0) is 18.1. The lowest BCUT2D eigenvalue weighted by atomic mass is 10.1. The number of carbonyl (C=O) groups is 1. The zero-order valence-corrected chi connectivity index (χ0v) is 15.2. The van der Waals surface area contributed by atoms with Gasteiger partial charge in [0.05, 0.1) is 6.10 Å². The van der Waals surface area contributed by atoms with Crippen LogP contribution in [0.2, 0.25) is 0 Å². The van der Waals surface area contributed by atoms with Crippen molar-refractivity contribution in [1.82, 2.24) is 5.32 Å². The van der Waals surface area contributed by atoms with Crippen molar-refractivity contribution in [1.29, 1.82) is 0 Å². The highest BCUT2D eigenvalue weighted by Gasteiger charge is 2.13. The minimum absolute atomic E-state index is 0.0930. The Bertz CT molecular complexity index is 638. The van der Waals surface area contributed by atoms with Gasteiger partial charge in [-0.05, 0) is 63.4 Å². The quantitative estimate of drug-likeness (QED) is 0.702. The summed E-state index contributed by atoms with van der Waals surface area (Å²) in [6.45, 7) is 6.42. The Morgan fingerprint density at radius 3 is 2.20 bits per heavy atom. The summed E-state index contributed by atoms with van der Waals surface area (Å²) in [5.74, 6) is 1.50. The SMILES string of the molecule is CC(C)Oc1ccc(CCCNC(=O)[C@H](C)Oc2ccccc2)cc1. The van der Waals surface area contributed by atoms with Gasteiger partial charge in [-0.2, -0.15) is 0 Å². The fraction of sp³-hybridized carbons (Fsp3) is 0.381. The van der Waals surface area contributed by atoms with E-state index in [-0.39, 0.29) is 12.0 Å². The lowest BCUT2D eigenvalue weighted by molar-refractivity contribution is -0.127. The number of aryl methyl sites for hydroxylation is 1. The third-order valence-corrected chi connectivity index (χ3v) is 3.66. The van der Waals surface area contributed by atoms with Crippen molar-refractivity contribution in [2.45, 2.75) is 45.8 Å². The Morgan fingerprint density at radius 2 is 1.56 bits per heavy atom. The fourth-order valence-electron chi connectivity index (χ4n) is 2.41. The number of hydrogen-bond donors (Lipinski definition) is 1. The highest BCUT2D eigenvalue weighted by molar-refractivity contribution is 5.80. The molecule has 2 aromatic rings. The molecule has 0 fully saturated rings. The Balaban J connectivity index is 1.67. The molecule has 0 spiro atoms. The van der Waals surface area contributed by atoms with Gasteiger partial charge in [0, 0.05) is 6.54 Å². The van der Waals surface area contributed by atoms with Gasteiger partial charge in [-0.1, -0.05) is 30.3 Å². The number of nitrogens with one attached hydrogen (secondary N) is 1. The molecule has 1 amide bonds. The Labute approximate surface area is 150 Å². The molecule has 0 radical (unpaired) electrons. The van der Waals surface area contributed by atoms with Crippen molar-refractivity contribution < 1.29 is 14.3 Å². The highest BCUT2D eigenvalue weighted by Crippen LogP contribution is 2.15. The van der Waals surface area contributed by atoms with E-state index in [1.807, 2.05) is 56.3 Å². The minimum atomic E-state index is -0.505. The maximum atomic E-state index is 12.1. The summed E-state index contributed by atoms with van der Waals surface area (Å²) in [6.07, 6.45) is 1.47. The summed E-state index contributed by atoms with van der Waals surface area (Å²) < 4.78 is 11.2. The zero-order valence-electron chi connectivity index (χ0n) is 15.2. The summed E-state index contributed by atoms with van der Waals surface area (Å²) in [7, 11) is 0. The monoisotopic (exact) mass is 341 g/mol. The first-order valence-corrected chi connectivity index (χ1v) is 8.79. The number of benzene rings is 2. The summed E-state index contributed by atoms with van der Waals surface area (Å²) in [5, 5.41) is 2.92. The number of hydrogen-bond acceptors (Lipinski definition) is 3. The molecule has 0 bridgehead atoms. The van der Waals surface area contributed by atoms with Crippen LogP contribution in [0, 0.1) is 0 Å². The number of ether oxygens (including phenoxy) is 2. The van der Waals surface area contributed by atoms with Crippen LogP contribution in [-0.2, 0) is 11.2 Å². The van der Waals surface area contributed by atoms with E-state index in [4.69, 9.17) is 9.47 Å². The van der Waals surface area contributed by atoms with Crippen LogP contribution >= 0.6 is 0 Å². The summed E-state index contributed by atoms with van der Waals surface area (Å²) in [4.78, 5) is 12.1. The molecule has 0 aliphatic rings. The molecule has 0 heterocycles. The van der Waals surface area contributed by atoms with Gasteiger partial charge in [-0.3, -0.25) is 4.79 Å². The predicted molar refractivity (Wildman–Crippen MR) is 100 cm³/mol. The van der Waals surface area contributed by atoms with E-state index in [0.717, 1.165) is 18.6 Å². The molecule has 1 atom stereocenters. The van der Waals surface area contributed by atoms with Crippen LogP contribution in [0.3, 0.4) is 0 Å². The maximum Gasteiger partial charge on any atom is 0.260 e. The topological polar surface area (TPSA) is 47.6 Å². The van der Waals surface area contributed by atoms with E-state index in [2.05, 4.69) is 17.4 Å². The Morgan fingerprint density at radius 1 is 0.920 bits per heavy atom. The average Bonchev–Trinajstić information content (AvgIpc) is 2.60. The van der Waals surface area contributed by atoms with Gasteiger partial charge in [0.15, 0.2) is 6.10 Å². The average molecular weight is 341 g/mol. The maximum absolute atomic E-state index is 12.1. The molecule has 0 unspecified atom stereocenters. The van der Waals surface area contributed by atoms with Gasteiger partial charge in [-0.15, -0.1) is 0 Å². The van der Waals surface area contributed by atoms with Crippen molar-refractivity contribution >= 4 is 5.91 Å². The van der Waals surface area contributed by atoms with E-state index >= 15 is 0 Å². The molecule has 0 aromatic heterocycles. The summed E-state index contributed by atoms with van der Waals surface area (Å²) in [5.41, 5.74) is 1.24. The van der Waals surface area contributed by atoms with Crippen LogP contribution < -0.4 is 14.8 Å². The number of rotatable bonds is 9. The lowest BCUT2D eigenvalue weighted by Crippen LogP contribution is -2.36. The van der Waals surface area contributed by atoms with Gasteiger partial charge in [0.1, 0.15) is 11.5 Å². The number of carbonyl (C=O) groups excluding carboxylic acids is 1. The first kappa shape index (κ1) is 18.8. The van der Waals surface area contributed by atoms with Crippen LogP contribution in [-0.4, -0.2) is 24.7 Å². The normalized spacial score (nSPS) is 11.8. The molecule has 4 nitrogen and oxygen atoms in total. The van der Waals surface area contributed by atoms with Gasteiger partial charge in [-0.25, -0.2) is 0 Å². The molecule has 2 aromatic carbocycles. The molecular formula is C21H27NO3. The van der Waals surface area contributed by atoms with Crippen LogP contribution in [0.1, 0.15) is 32.8 Å². The second-order valence-corrected chi connectivity index (χ2v) is 6.28. The lowest BCUT2D eigenvalue weighted by Gasteiger charge is -2.14. The van der Waals surface area contributed by atoms with E-state index in [0.29, 0.717) is 12.3 Å². The van der Waals surface area contributed by atoms with Crippen molar-refractivity contribution in [3.8, 4) is 11.5 Å². The van der Waals surface area contributed by atoms with Crippen molar-refractivity contribution in [3.63, 3.8) is 0 Å². The minimum Gasteiger partial charge on any atom is -0.491 e. The predicted octanol–water partition coefficient (Wildman–Crippen LogP) is 3.99. The molecule has 0 saturated heterocycles. The number of para-hydroxylation sites is 1. The highest BCUT2D eigenvalue weighted by atomic mass is 16.5. The molecule has 4 heteroatoms. The van der Waals surface area contributed by atoms with Gasteiger partial charge >= 0.3 is 0 Å². The fourth-order valence-corrected chi connectivity index (χ4v) is 2.41. The van der Waals surface area contributed by atoms with Crippen LogP contribution in [0.25, 0.3) is 0 Å². The van der Waals surface area contributed by atoms with E-state index in [1.165, 1.54) is 5.56 Å². The molecule has 2 rings (SSSR count). The van der Waals surface area contributed by atoms with Crippen LogP contribution in [0.5, 0.6) is 11.5 Å². The van der Waals surface area contributed by atoms with Gasteiger partial charge in [0.2, 0.25) is 0 Å². The second kappa shape index (κ2) is 9.72. The van der Waals surface area contributed by atoms with Crippen molar-refractivity contribution in [3.05, 3.63) is 60.2 Å². The van der Waals surface area contributed by atoms with Crippen molar-refractivity contribution in [2.75, 3.05) is 6.54 Å². The number of amides is 1. The summed E-state index contributed by atoms with van der Waals surface area (Å²) >= 11 is 0. The van der Waals surface area contributed by atoms with E-state index < -0.39 is 6.10 Å². The first-order chi connectivity index (χ1) is 12.0. The van der Waals surface area contributed by atoms with Crippen LogP contribution in [0.4, 0.5) is 0 Å². The third kappa shape index (κ3) is 6.87. The van der Waals surface area contributed by atoms with E-state index in [9.17, 15) is 4.79 Å². The van der Waals surface area contributed by atoms with Crippen LogP contribution in [0.15, 0.2) is 54.6 Å². The molecular weight excluding hydrogens is 314 g/mol. The molecule has 0 saturated carbocycles. The van der Waals surface area contributed by atoms with E-state index in [1.54, 1.807) is 6.92 Å². The molecule has 1 N–H and O–H groups in total. The third-order valence-electron chi connectivity index (χ3n) is 3.66. The summed E-state index contributed by atoms with van der Waals surface area (Å²) in [6, 6.07) is 17.5. The van der Waals surface area contributed by atoms with Gasteiger partial charge < -0.3 is 14.8 Å². The second-order valence-electron chi connectivity index (χ2n) is 6.28. The molecule has 134 valence electrons. The Kier molecular flexibility index (Phi) is 7.33. The first-order valence-electron chi connectivity index (χ1n) is 8.79. The molecule has 0 aliphatic heterocycles. The molecule has 25 heavy (non-hydrogen) atoms. The largest absolute Gasteiger partial charge is 0.491 e. The van der Waals surface area contributed by atoms with Crippen molar-refractivity contribution in [2.24, 2.45) is 0 Å². The molecule has 0 aliphatic carbocycles.